The smallest absolute Gasteiger partial charge is 0.0725 e. The number of benzene rings is 5. The van der Waals surface area contributed by atoms with Crippen molar-refractivity contribution in [1.29, 1.82) is 0 Å². The standard InChI is InChI=1S/C47H31N5.C2H6/c1-3-12-33(13-4-1)44-39-24-25-42-45(38-26-29-48-31-43(38)51(42)37-17-11-16-35(30-37)41-19-8-10-28-50-41)47(39)52(46(44)34-14-5-2-6-15-34)36-22-20-32(21-23-36)40-18-7-9-27-49-40;1-2/h1-31H;1-2H3. The van der Waals surface area contributed by atoms with E-state index in [2.05, 4.69) is 164 Å². The summed E-state index contributed by atoms with van der Waals surface area (Å²) in [4.78, 5) is 13.9. The fourth-order valence-corrected chi connectivity index (χ4v) is 7.68. The summed E-state index contributed by atoms with van der Waals surface area (Å²) in [6.07, 6.45) is 7.57. The second-order valence-electron chi connectivity index (χ2n) is 12.9. The predicted molar refractivity (Wildman–Crippen MR) is 224 cm³/mol. The van der Waals surface area contributed by atoms with Crippen molar-refractivity contribution in [2.24, 2.45) is 0 Å². The van der Waals surface area contributed by atoms with Crippen LogP contribution in [0, 0.1) is 0 Å². The van der Waals surface area contributed by atoms with Crippen molar-refractivity contribution in [3.05, 3.63) is 189 Å². The summed E-state index contributed by atoms with van der Waals surface area (Å²) in [5.41, 5.74) is 14.1. The molecule has 10 aromatic rings. The van der Waals surface area contributed by atoms with Gasteiger partial charge in [-0.3, -0.25) is 15.0 Å². The summed E-state index contributed by atoms with van der Waals surface area (Å²) in [5, 5.41) is 3.50. The lowest BCUT2D eigenvalue weighted by Gasteiger charge is -2.14. The van der Waals surface area contributed by atoms with Gasteiger partial charge < -0.3 is 9.13 Å². The molecule has 5 heteroatoms. The monoisotopic (exact) mass is 695 g/mol. The Hall–Kier alpha value is -7.11. The molecule has 0 amide bonds. The molecule has 10 rings (SSSR count). The zero-order chi connectivity index (χ0) is 36.4. The van der Waals surface area contributed by atoms with Crippen molar-refractivity contribution in [3.8, 4) is 56.3 Å². The molecule has 0 spiro atoms. The fourth-order valence-electron chi connectivity index (χ4n) is 7.68. The van der Waals surface area contributed by atoms with Gasteiger partial charge in [-0.1, -0.05) is 117 Å². The number of aromatic nitrogens is 5. The Balaban J connectivity index is 0.00000189. The Bertz CT molecular complexity index is 2860. The molecular formula is C49H37N5. The minimum Gasteiger partial charge on any atom is -0.308 e. The molecule has 0 saturated heterocycles. The maximum absolute atomic E-state index is 4.65. The average Bonchev–Trinajstić information content (AvgIpc) is 3.79. The van der Waals surface area contributed by atoms with Crippen LogP contribution in [0.15, 0.2) is 189 Å². The highest BCUT2D eigenvalue weighted by atomic mass is 15.0. The molecular weight excluding hydrogens is 659 g/mol. The quantitative estimate of drug-likeness (QED) is 0.174. The van der Waals surface area contributed by atoms with E-state index in [-0.39, 0.29) is 0 Å². The van der Waals surface area contributed by atoms with E-state index in [1.807, 2.05) is 62.9 Å². The minimum absolute atomic E-state index is 0.939. The van der Waals surface area contributed by atoms with Gasteiger partial charge in [0.25, 0.3) is 0 Å². The first-order chi connectivity index (χ1) is 26.8. The van der Waals surface area contributed by atoms with Crippen LogP contribution in [0.2, 0.25) is 0 Å². The van der Waals surface area contributed by atoms with E-state index in [0.717, 1.165) is 67.1 Å². The van der Waals surface area contributed by atoms with Crippen LogP contribution in [-0.2, 0) is 0 Å². The molecule has 5 nitrogen and oxygen atoms in total. The highest BCUT2D eigenvalue weighted by Crippen LogP contribution is 2.47. The molecule has 5 heterocycles. The maximum atomic E-state index is 4.65. The van der Waals surface area contributed by atoms with Gasteiger partial charge >= 0.3 is 0 Å². The summed E-state index contributed by atoms with van der Waals surface area (Å²) < 4.78 is 4.81. The molecule has 0 aliphatic heterocycles. The van der Waals surface area contributed by atoms with Gasteiger partial charge in [0.2, 0.25) is 0 Å². The number of hydrogen-bond donors (Lipinski definition) is 0. The van der Waals surface area contributed by atoms with Crippen molar-refractivity contribution in [1.82, 2.24) is 24.1 Å². The minimum atomic E-state index is 0.939. The number of rotatable bonds is 6. The van der Waals surface area contributed by atoms with Crippen molar-refractivity contribution in [2.45, 2.75) is 13.8 Å². The Morgan fingerprint density at radius 1 is 0.426 bits per heavy atom. The number of fused-ring (bicyclic) bond motifs is 5. The van der Waals surface area contributed by atoms with E-state index < -0.39 is 0 Å². The Morgan fingerprint density at radius 2 is 1.07 bits per heavy atom. The fraction of sp³-hybridized carbons (Fsp3) is 0.0408. The first-order valence-electron chi connectivity index (χ1n) is 18.4. The van der Waals surface area contributed by atoms with Crippen LogP contribution < -0.4 is 0 Å². The summed E-state index contributed by atoms with van der Waals surface area (Å²) in [6, 6.07) is 57.8. The molecule has 0 atom stereocenters. The van der Waals surface area contributed by atoms with Gasteiger partial charge in [-0.15, -0.1) is 0 Å². The lowest BCUT2D eigenvalue weighted by atomic mass is 9.97. The van der Waals surface area contributed by atoms with Crippen LogP contribution >= 0.6 is 0 Å². The predicted octanol–water partition coefficient (Wildman–Crippen LogP) is 12.6. The SMILES string of the molecule is CC.c1ccc(-c2c(-c3ccccc3)n(-c3ccc(-c4ccccn4)cc3)c3c2ccc2c3c3ccncc3n2-c2cccc(-c3ccccn3)c2)cc1. The first kappa shape index (κ1) is 32.8. The molecule has 5 aromatic heterocycles. The Kier molecular flexibility index (Phi) is 8.58. The third kappa shape index (κ3) is 5.54. The van der Waals surface area contributed by atoms with E-state index in [4.69, 9.17) is 0 Å². The van der Waals surface area contributed by atoms with Crippen LogP contribution in [0.1, 0.15) is 13.8 Å². The van der Waals surface area contributed by atoms with Crippen LogP contribution in [0.5, 0.6) is 0 Å². The Labute approximate surface area is 314 Å². The van der Waals surface area contributed by atoms with Gasteiger partial charge in [-0.05, 0) is 71.8 Å². The van der Waals surface area contributed by atoms with Gasteiger partial charge in [0.1, 0.15) is 0 Å². The van der Waals surface area contributed by atoms with Gasteiger partial charge in [-0.2, -0.15) is 0 Å². The normalized spacial score (nSPS) is 11.1. The molecule has 0 unspecified atom stereocenters. The maximum Gasteiger partial charge on any atom is 0.0725 e. The summed E-state index contributed by atoms with van der Waals surface area (Å²) in [5.74, 6) is 0. The van der Waals surface area contributed by atoms with Gasteiger partial charge in [0.05, 0.1) is 39.8 Å². The number of hydrogen-bond acceptors (Lipinski definition) is 3. The van der Waals surface area contributed by atoms with E-state index in [0.29, 0.717) is 0 Å². The lowest BCUT2D eigenvalue weighted by molar-refractivity contribution is 1.14. The molecule has 0 fully saturated rings. The van der Waals surface area contributed by atoms with Crippen molar-refractivity contribution < 1.29 is 0 Å². The summed E-state index contributed by atoms with van der Waals surface area (Å²) in [7, 11) is 0. The molecule has 5 aromatic carbocycles. The van der Waals surface area contributed by atoms with E-state index in [1.54, 1.807) is 0 Å². The van der Waals surface area contributed by atoms with Crippen molar-refractivity contribution in [3.63, 3.8) is 0 Å². The average molecular weight is 696 g/mol. The van der Waals surface area contributed by atoms with Gasteiger partial charge in [0, 0.05) is 62.8 Å². The van der Waals surface area contributed by atoms with Gasteiger partial charge in [0.15, 0.2) is 0 Å². The van der Waals surface area contributed by atoms with Crippen LogP contribution in [0.3, 0.4) is 0 Å². The van der Waals surface area contributed by atoms with Crippen LogP contribution in [-0.4, -0.2) is 24.1 Å². The third-order valence-corrected chi connectivity index (χ3v) is 9.92. The molecule has 258 valence electrons. The van der Waals surface area contributed by atoms with Crippen LogP contribution in [0.4, 0.5) is 0 Å². The lowest BCUT2D eigenvalue weighted by Crippen LogP contribution is -1.98. The highest BCUT2D eigenvalue weighted by molar-refractivity contribution is 6.24. The highest BCUT2D eigenvalue weighted by Gasteiger charge is 2.26. The molecule has 0 aliphatic rings. The molecule has 0 aliphatic carbocycles. The topological polar surface area (TPSA) is 48.5 Å². The first-order valence-corrected chi connectivity index (χ1v) is 18.4. The molecule has 0 N–H and O–H groups in total. The number of nitrogens with zero attached hydrogens (tertiary/aromatic N) is 5. The summed E-state index contributed by atoms with van der Waals surface area (Å²) in [6.45, 7) is 4.00. The molecule has 54 heavy (non-hydrogen) atoms. The second-order valence-corrected chi connectivity index (χ2v) is 12.9. The third-order valence-electron chi connectivity index (χ3n) is 9.92. The zero-order valence-electron chi connectivity index (χ0n) is 30.1. The molecule has 0 saturated carbocycles. The molecule has 0 bridgehead atoms. The van der Waals surface area contributed by atoms with Crippen molar-refractivity contribution in [2.75, 3.05) is 0 Å². The van der Waals surface area contributed by atoms with E-state index >= 15 is 0 Å². The Morgan fingerprint density at radius 3 is 1.76 bits per heavy atom. The zero-order valence-corrected chi connectivity index (χ0v) is 30.1. The van der Waals surface area contributed by atoms with E-state index in [9.17, 15) is 0 Å². The largest absolute Gasteiger partial charge is 0.308 e. The summed E-state index contributed by atoms with van der Waals surface area (Å²) >= 11 is 0. The van der Waals surface area contributed by atoms with E-state index in [1.165, 1.54) is 21.9 Å². The van der Waals surface area contributed by atoms with Crippen molar-refractivity contribution >= 4 is 32.7 Å². The van der Waals surface area contributed by atoms with Crippen LogP contribution in [0.25, 0.3) is 89.0 Å². The second kappa shape index (κ2) is 14.1. The van der Waals surface area contributed by atoms with Gasteiger partial charge in [-0.25, -0.2) is 0 Å². The number of pyridine rings is 3. The molecule has 0 radical (unpaired) electrons.